The third-order valence-corrected chi connectivity index (χ3v) is 5.80. The number of fused-ring (bicyclic) bond motifs is 1. The van der Waals surface area contributed by atoms with Crippen LogP contribution >= 0.6 is 23.4 Å². The highest BCUT2D eigenvalue weighted by Crippen LogP contribution is 2.30. The average Bonchev–Trinajstić information content (AvgIpc) is 3.13. The number of hydrogen-bond donors (Lipinski definition) is 1. The molecule has 28 heavy (non-hydrogen) atoms. The first-order valence-corrected chi connectivity index (χ1v) is 9.88. The smallest absolute Gasteiger partial charge is 0.283 e. The molecule has 3 heterocycles. The fourth-order valence-electron chi connectivity index (χ4n) is 3.37. The Kier molecular flexibility index (Phi) is 4.51. The van der Waals surface area contributed by atoms with Crippen molar-refractivity contribution in [3.63, 3.8) is 0 Å². The Hall–Kier alpha value is -2.64. The quantitative estimate of drug-likeness (QED) is 0.728. The number of thioether (sulfide) groups is 1. The fourth-order valence-corrected chi connectivity index (χ4v) is 4.27. The van der Waals surface area contributed by atoms with Gasteiger partial charge in [-0.1, -0.05) is 17.7 Å². The molecule has 2 aliphatic rings. The van der Waals surface area contributed by atoms with E-state index in [0.29, 0.717) is 10.2 Å². The molecule has 0 bridgehead atoms. The van der Waals surface area contributed by atoms with Gasteiger partial charge >= 0.3 is 0 Å². The Morgan fingerprint density at radius 3 is 2.68 bits per heavy atom. The summed E-state index contributed by atoms with van der Waals surface area (Å²) in [6.45, 7) is 7.85. The molecule has 0 fully saturated rings. The molecule has 0 atom stereocenters. The number of aromatic nitrogens is 1. The van der Waals surface area contributed by atoms with Crippen LogP contribution in [0.3, 0.4) is 0 Å². The largest absolute Gasteiger partial charge is 0.318 e. The predicted molar refractivity (Wildman–Crippen MR) is 116 cm³/mol. The Morgan fingerprint density at radius 2 is 1.93 bits per heavy atom. The number of hydrogen-bond acceptors (Lipinski definition) is 4. The molecule has 0 aliphatic carbocycles. The Labute approximate surface area is 172 Å². The maximum atomic E-state index is 12.5. The molecule has 6 nitrogen and oxygen atoms in total. The first-order chi connectivity index (χ1) is 13.3. The van der Waals surface area contributed by atoms with Gasteiger partial charge in [0, 0.05) is 22.1 Å². The number of nitrogens with zero attached hydrogens (tertiary/aromatic N) is 4. The van der Waals surface area contributed by atoms with Crippen molar-refractivity contribution >= 4 is 51.4 Å². The van der Waals surface area contributed by atoms with Gasteiger partial charge in [-0.3, -0.25) is 10.2 Å². The first-order valence-electron chi connectivity index (χ1n) is 8.68. The second kappa shape index (κ2) is 6.76. The molecule has 142 valence electrons. The molecular formula is C20H18ClN5OS. The zero-order valence-electron chi connectivity index (χ0n) is 15.9. The summed E-state index contributed by atoms with van der Waals surface area (Å²) in [5.74, 6) is -0.375. The summed E-state index contributed by atoms with van der Waals surface area (Å²) in [7, 11) is 0. The number of carbonyl (C=O) groups excluding carboxylic acids is 1. The average molecular weight is 412 g/mol. The van der Waals surface area contributed by atoms with E-state index < -0.39 is 5.91 Å². The van der Waals surface area contributed by atoms with E-state index in [4.69, 9.17) is 17.0 Å². The van der Waals surface area contributed by atoms with Crippen LogP contribution in [0.2, 0.25) is 5.02 Å². The standard InChI is InChI=1S/C20H18ClN5OS/c1-10-5-6-15(21)9-17(10)25-11(2)7-14(12(25)3)8-16-18(22)26-20(23-19(16)27)28-13(4)24-26/h5-9,22H,1-4H3/b16-8+,22-18?. The van der Waals surface area contributed by atoms with Crippen LogP contribution in [0.5, 0.6) is 0 Å². The van der Waals surface area contributed by atoms with E-state index in [1.165, 1.54) is 16.8 Å². The lowest BCUT2D eigenvalue weighted by Crippen LogP contribution is -2.35. The van der Waals surface area contributed by atoms with Crippen LogP contribution in [-0.4, -0.2) is 31.5 Å². The van der Waals surface area contributed by atoms with Gasteiger partial charge in [-0.05, 0) is 74.9 Å². The highest BCUT2D eigenvalue weighted by molar-refractivity contribution is 8.26. The number of aryl methyl sites for hydroxylation is 2. The van der Waals surface area contributed by atoms with Crippen molar-refractivity contribution in [2.45, 2.75) is 27.7 Å². The topological polar surface area (TPSA) is 73.8 Å². The summed E-state index contributed by atoms with van der Waals surface area (Å²) in [5.41, 5.74) is 5.15. The lowest BCUT2D eigenvalue weighted by Gasteiger charge is -2.20. The van der Waals surface area contributed by atoms with E-state index in [2.05, 4.69) is 14.7 Å². The van der Waals surface area contributed by atoms with Gasteiger partial charge in [-0.2, -0.15) is 15.1 Å². The maximum absolute atomic E-state index is 12.5. The molecule has 1 amide bonds. The van der Waals surface area contributed by atoms with Crippen LogP contribution in [0.25, 0.3) is 11.8 Å². The van der Waals surface area contributed by atoms with Crippen molar-refractivity contribution in [2.75, 3.05) is 0 Å². The summed E-state index contributed by atoms with van der Waals surface area (Å²) < 4.78 is 2.10. The Balaban J connectivity index is 1.81. The number of hydrazone groups is 1. The number of carbonyl (C=O) groups is 1. The summed E-state index contributed by atoms with van der Waals surface area (Å²) in [4.78, 5) is 16.6. The minimum atomic E-state index is -0.419. The van der Waals surface area contributed by atoms with Crippen molar-refractivity contribution in [1.29, 1.82) is 5.41 Å². The van der Waals surface area contributed by atoms with E-state index >= 15 is 0 Å². The lowest BCUT2D eigenvalue weighted by atomic mass is 10.1. The number of halogens is 1. The second-order valence-electron chi connectivity index (χ2n) is 6.73. The van der Waals surface area contributed by atoms with E-state index in [0.717, 1.165) is 33.2 Å². The Bertz CT molecular complexity index is 1140. The van der Waals surface area contributed by atoms with E-state index in [1.54, 1.807) is 6.08 Å². The van der Waals surface area contributed by atoms with Crippen LogP contribution < -0.4 is 0 Å². The zero-order valence-corrected chi connectivity index (χ0v) is 17.4. The summed E-state index contributed by atoms with van der Waals surface area (Å²) in [6, 6.07) is 7.77. The molecule has 8 heteroatoms. The van der Waals surface area contributed by atoms with Crippen LogP contribution in [0.15, 0.2) is 39.9 Å². The van der Waals surface area contributed by atoms with Gasteiger partial charge in [0.05, 0.1) is 10.6 Å². The van der Waals surface area contributed by atoms with Gasteiger partial charge in [0.15, 0.2) is 5.84 Å². The van der Waals surface area contributed by atoms with Gasteiger partial charge in [-0.15, -0.1) is 0 Å². The van der Waals surface area contributed by atoms with Crippen molar-refractivity contribution in [3.8, 4) is 5.69 Å². The second-order valence-corrected chi connectivity index (χ2v) is 8.33. The molecule has 0 saturated heterocycles. The van der Waals surface area contributed by atoms with Crippen molar-refractivity contribution in [1.82, 2.24) is 9.58 Å². The predicted octanol–water partition coefficient (Wildman–Crippen LogP) is 4.70. The van der Waals surface area contributed by atoms with E-state index in [1.807, 2.05) is 52.0 Å². The molecule has 2 aliphatic heterocycles. The third kappa shape index (κ3) is 3.00. The molecule has 0 saturated carbocycles. The van der Waals surface area contributed by atoms with Gasteiger partial charge in [-0.25, -0.2) is 0 Å². The third-order valence-electron chi connectivity index (χ3n) is 4.74. The number of benzene rings is 1. The number of nitrogens with one attached hydrogen (secondary N) is 1. The normalized spacial score (nSPS) is 17.9. The van der Waals surface area contributed by atoms with Gasteiger partial charge in [0.1, 0.15) is 0 Å². The number of amidine groups is 2. The van der Waals surface area contributed by atoms with Crippen molar-refractivity contribution in [2.24, 2.45) is 10.1 Å². The molecule has 0 unspecified atom stereocenters. The molecular weight excluding hydrogens is 394 g/mol. The summed E-state index contributed by atoms with van der Waals surface area (Å²) >= 11 is 7.50. The van der Waals surface area contributed by atoms with E-state index in [-0.39, 0.29) is 11.4 Å². The maximum Gasteiger partial charge on any atom is 0.283 e. The molecule has 4 rings (SSSR count). The van der Waals surface area contributed by atoms with Crippen LogP contribution in [0.4, 0.5) is 0 Å². The summed E-state index contributed by atoms with van der Waals surface area (Å²) in [5, 5.41) is 16.0. The van der Waals surface area contributed by atoms with E-state index in [9.17, 15) is 4.79 Å². The summed E-state index contributed by atoms with van der Waals surface area (Å²) in [6.07, 6.45) is 1.72. The monoisotopic (exact) mass is 411 g/mol. The molecule has 1 aromatic carbocycles. The van der Waals surface area contributed by atoms with Crippen LogP contribution in [0, 0.1) is 26.2 Å². The Morgan fingerprint density at radius 1 is 1.18 bits per heavy atom. The molecule has 2 aromatic rings. The van der Waals surface area contributed by atoms with Gasteiger partial charge in [0.25, 0.3) is 5.91 Å². The number of amides is 1. The van der Waals surface area contributed by atoms with Crippen LogP contribution in [-0.2, 0) is 4.79 Å². The molecule has 0 radical (unpaired) electrons. The minimum Gasteiger partial charge on any atom is -0.318 e. The molecule has 1 N–H and O–H groups in total. The van der Waals surface area contributed by atoms with Crippen LogP contribution in [0.1, 0.15) is 29.4 Å². The fraction of sp³-hybridized carbons (Fsp3) is 0.200. The van der Waals surface area contributed by atoms with Crippen molar-refractivity contribution < 1.29 is 4.79 Å². The number of rotatable bonds is 2. The minimum absolute atomic E-state index is 0.0445. The highest BCUT2D eigenvalue weighted by atomic mass is 35.5. The first kappa shape index (κ1) is 18.7. The van der Waals surface area contributed by atoms with Gasteiger partial charge < -0.3 is 4.57 Å². The SMILES string of the molecule is CC1=NN2C(=N)/C(=C\c3cc(C)n(-c4cc(Cl)ccc4C)c3C)C(=O)N=C2S1. The molecule has 0 spiro atoms. The van der Waals surface area contributed by atoms with Gasteiger partial charge in [0.2, 0.25) is 5.17 Å². The van der Waals surface area contributed by atoms with Crippen molar-refractivity contribution in [3.05, 3.63) is 57.4 Å². The zero-order chi connectivity index (χ0) is 20.2. The molecule has 1 aromatic heterocycles. The lowest BCUT2D eigenvalue weighted by molar-refractivity contribution is -0.114. The highest BCUT2D eigenvalue weighted by Gasteiger charge is 2.34. The number of aliphatic imine (C=N–C) groups is 1.